The summed E-state index contributed by atoms with van der Waals surface area (Å²) in [4.78, 5) is 60.9. The SMILES string of the molecule is CCCCCCCCCCCCCCCCCCOCCCOC(=O)NCCCCCC(=O)NCCC(C)(C)OCCC(C)(C)OCCNC(=O)CCCCCN1C(=O)C=CC1=O. The van der Waals surface area contributed by atoms with E-state index in [4.69, 9.17) is 18.9 Å². The summed E-state index contributed by atoms with van der Waals surface area (Å²) in [5.74, 6) is -0.574. The molecule has 0 aromatic carbocycles. The molecule has 13 nitrogen and oxygen atoms in total. The van der Waals surface area contributed by atoms with Gasteiger partial charge < -0.3 is 34.9 Å². The number of hydrogen-bond donors (Lipinski definition) is 3. The molecule has 5 amide bonds. The van der Waals surface area contributed by atoms with Crippen LogP contribution >= 0.6 is 0 Å². The number of ether oxygens (including phenoxy) is 4. The van der Waals surface area contributed by atoms with Gasteiger partial charge in [0, 0.05) is 70.8 Å². The predicted molar refractivity (Wildman–Crippen MR) is 252 cm³/mol. The third-order valence-corrected chi connectivity index (χ3v) is 11.5. The third kappa shape index (κ3) is 35.9. The first-order valence-corrected chi connectivity index (χ1v) is 25.2. The van der Waals surface area contributed by atoms with Gasteiger partial charge in [-0.05, 0) is 72.6 Å². The number of nitrogens with zero attached hydrogens (tertiary/aromatic N) is 1. The highest BCUT2D eigenvalue weighted by atomic mass is 16.5. The molecule has 0 radical (unpaired) electrons. The van der Waals surface area contributed by atoms with Gasteiger partial charge in [0.15, 0.2) is 0 Å². The summed E-state index contributed by atoms with van der Waals surface area (Å²) in [6, 6.07) is 0. The standard InChI is InChI=1S/C50H92N4O9/c1-6-7-8-9-10-11-12-13-14-15-16-17-18-19-20-27-39-60-40-28-41-61-48(59)53-35-25-21-23-29-44(55)51-36-33-49(2,3)62-42-34-50(4,5)63-43-37-52-45(56)30-24-22-26-38-54-46(57)31-32-47(54)58/h31-32H,6-30,33-43H2,1-5H3,(H,51,55)(H,52,56)(H,53,59). The lowest BCUT2D eigenvalue weighted by Gasteiger charge is -2.30. The van der Waals surface area contributed by atoms with E-state index in [1.54, 1.807) is 0 Å². The van der Waals surface area contributed by atoms with Gasteiger partial charge >= 0.3 is 6.09 Å². The zero-order valence-electron chi connectivity index (χ0n) is 40.7. The Hall–Kier alpha value is -3.03. The van der Waals surface area contributed by atoms with Crippen molar-refractivity contribution in [1.82, 2.24) is 20.9 Å². The molecule has 0 spiro atoms. The fraction of sp³-hybridized carbons (Fsp3) is 0.860. The maximum absolute atomic E-state index is 12.4. The highest BCUT2D eigenvalue weighted by Gasteiger charge is 2.24. The van der Waals surface area contributed by atoms with Crippen LogP contribution in [0.1, 0.15) is 208 Å². The van der Waals surface area contributed by atoms with Gasteiger partial charge in [0.2, 0.25) is 11.8 Å². The monoisotopic (exact) mass is 893 g/mol. The number of alkyl carbamates (subject to hydrolysis) is 1. The maximum Gasteiger partial charge on any atom is 0.407 e. The van der Waals surface area contributed by atoms with Crippen LogP contribution in [0.2, 0.25) is 0 Å². The molecule has 0 aromatic heterocycles. The minimum atomic E-state index is -0.426. The minimum Gasteiger partial charge on any atom is -0.449 e. The van der Waals surface area contributed by atoms with Crippen molar-refractivity contribution in [2.24, 2.45) is 0 Å². The van der Waals surface area contributed by atoms with E-state index < -0.39 is 17.3 Å². The number of carbonyl (C=O) groups excluding carboxylic acids is 5. The number of amides is 5. The quantitative estimate of drug-likeness (QED) is 0.0399. The zero-order chi connectivity index (χ0) is 46.3. The van der Waals surface area contributed by atoms with Crippen LogP contribution < -0.4 is 16.0 Å². The van der Waals surface area contributed by atoms with Gasteiger partial charge in [0.25, 0.3) is 11.8 Å². The van der Waals surface area contributed by atoms with Crippen LogP contribution in [0.15, 0.2) is 12.2 Å². The molecular formula is C50H92N4O9. The Morgan fingerprint density at radius 3 is 1.56 bits per heavy atom. The lowest BCUT2D eigenvalue weighted by Crippen LogP contribution is -2.36. The first-order chi connectivity index (χ1) is 30.3. The highest BCUT2D eigenvalue weighted by Crippen LogP contribution is 2.20. The normalized spacial score (nSPS) is 12.9. The summed E-state index contributed by atoms with van der Waals surface area (Å²) in [5.41, 5.74) is -0.837. The Morgan fingerprint density at radius 2 is 0.968 bits per heavy atom. The summed E-state index contributed by atoms with van der Waals surface area (Å²) >= 11 is 0. The molecule has 0 bridgehead atoms. The van der Waals surface area contributed by atoms with Gasteiger partial charge in [-0.2, -0.15) is 0 Å². The molecule has 0 atom stereocenters. The summed E-state index contributed by atoms with van der Waals surface area (Å²) in [6.45, 7) is 14.8. The molecule has 0 saturated heterocycles. The van der Waals surface area contributed by atoms with Crippen molar-refractivity contribution in [3.63, 3.8) is 0 Å². The van der Waals surface area contributed by atoms with Crippen molar-refractivity contribution in [3.8, 4) is 0 Å². The number of hydrogen-bond acceptors (Lipinski definition) is 9. The summed E-state index contributed by atoms with van der Waals surface area (Å²) in [5, 5.41) is 8.66. The van der Waals surface area contributed by atoms with E-state index in [2.05, 4.69) is 22.9 Å². The van der Waals surface area contributed by atoms with Crippen LogP contribution in [0.3, 0.4) is 0 Å². The molecule has 1 rings (SSSR count). The number of nitrogens with one attached hydrogen (secondary N) is 3. The van der Waals surface area contributed by atoms with Gasteiger partial charge in [-0.15, -0.1) is 0 Å². The smallest absolute Gasteiger partial charge is 0.407 e. The van der Waals surface area contributed by atoms with Gasteiger partial charge in [-0.1, -0.05) is 116 Å². The van der Waals surface area contributed by atoms with E-state index in [-0.39, 0.29) is 23.6 Å². The van der Waals surface area contributed by atoms with E-state index in [1.807, 2.05) is 27.7 Å². The largest absolute Gasteiger partial charge is 0.449 e. The van der Waals surface area contributed by atoms with Gasteiger partial charge in [-0.3, -0.25) is 24.1 Å². The molecule has 3 N–H and O–H groups in total. The Bertz CT molecular complexity index is 1220. The molecule has 13 heteroatoms. The summed E-state index contributed by atoms with van der Waals surface area (Å²) in [7, 11) is 0. The van der Waals surface area contributed by atoms with Crippen LogP contribution in [0.25, 0.3) is 0 Å². The Kier molecular flexibility index (Phi) is 35.2. The second-order valence-corrected chi connectivity index (χ2v) is 18.5. The highest BCUT2D eigenvalue weighted by molar-refractivity contribution is 6.12. The van der Waals surface area contributed by atoms with Crippen LogP contribution in [0.5, 0.6) is 0 Å². The van der Waals surface area contributed by atoms with Gasteiger partial charge in [-0.25, -0.2) is 4.79 Å². The van der Waals surface area contributed by atoms with Crippen LogP contribution in [0, 0.1) is 0 Å². The minimum absolute atomic E-state index is 0.0162. The first kappa shape index (κ1) is 58.0. The fourth-order valence-corrected chi connectivity index (χ4v) is 7.31. The molecule has 0 aliphatic carbocycles. The van der Waals surface area contributed by atoms with Crippen molar-refractivity contribution in [2.45, 2.75) is 219 Å². The Morgan fingerprint density at radius 1 is 0.492 bits per heavy atom. The van der Waals surface area contributed by atoms with Crippen molar-refractivity contribution in [2.75, 3.05) is 59.2 Å². The summed E-state index contributed by atoms with van der Waals surface area (Å²) in [6.07, 6.45) is 31.3. The lowest BCUT2D eigenvalue weighted by atomic mass is 10.0. The van der Waals surface area contributed by atoms with E-state index in [9.17, 15) is 24.0 Å². The number of imide groups is 1. The lowest BCUT2D eigenvalue weighted by molar-refractivity contribution is -0.137. The van der Waals surface area contributed by atoms with Crippen molar-refractivity contribution in [1.29, 1.82) is 0 Å². The second-order valence-electron chi connectivity index (χ2n) is 18.5. The van der Waals surface area contributed by atoms with Crippen LogP contribution in [-0.4, -0.2) is 105 Å². The fourth-order valence-electron chi connectivity index (χ4n) is 7.31. The van der Waals surface area contributed by atoms with E-state index >= 15 is 0 Å². The van der Waals surface area contributed by atoms with Crippen LogP contribution in [-0.2, 0) is 38.1 Å². The second kappa shape index (κ2) is 38.3. The molecular weight excluding hydrogens is 801 g/mol. The molecule has 63 heavy (non-hydrogen) atoms. The van der Waals surface area contributed by atoms with Gasteiger partial charge in [0.1, 0.15) is 0 Å². The molecule has 0 unspecified atom stereocenters. The van der Waals surface area contributed by atoms with E-state index in [0.717, 1.165) is 38.7 Å². The molecule has 366 valence electrons. The molecule has 1 aliphatic rings. The molecule has 0 fully saturated rings. The molecule has 0 aromatic rings. The van der Waals surface area contributed by atoms with Crippen molar-refractivity contribution < 1.29 is 42.9 Å². The predicted octanol–water partition coefficient (Wildman–Crippen LogP) is 10.0. The topological polar surface area (TPSA) is 162 Å². The van der Waals surface area contributed by atoms with Crippen molar-refractivity contribution in [3.05, 3.63) is 12.2 Å². The first-order valence-electron chi connectivity index (χ1n) is 25.2. The average molecular weight is 893 g/mol. The van der Waals surface area contributed by atoms with Crippen molar-refractivity contribution >= 4 is 29.7 Å². The number of unbranched alkanes of at least 4 members (excludes halogenated alkanes) is 19. The van der Waals surface area contributed by atoms with E-state index in [0.29, 0.717) is 97.6 Å². The van der Waals surface area contributed by atoms with Crippen LogP contribution in [0.4, 0.5) is 4.79 Å². The third-order valence-electron chi connectivity index (χ3n) is 11.5. The van der Waals surface area contributed by atoms with E-state index in [1.165, 1.54) is 113 Å². The molecule has 0 saturated carbocycles. The number of carbonyl (C=O) groups is 5. The molecule has 1 heterocycles. The zero-order valence-corrected chi connectivity index (χ0v) is 40.7. The van der Waals surface area contributed by atoms with Gasteiger partial charge in [0.05, 0.1) is 31.0 Å². The Balaban J connectivity index is 1.88. The average Bonchev–Trinajstić information content (AvgIpc) is 3.56. The maximum atomic E-state index is 12.4. The Labute approximate surface area is 383 Å². The summed E-state index contributed by atoms with van der Waals surface area (Å²) < 4.78 is 23.1. The molecule has 1 aliphatic heterocycles. The number of rotatable bonds is 44.